The molecule has 4 rings (SSSR count). The molecule has 0 radical (unpaired) electrons. The summed E-state index contributed by atoms with van der Waals surface area (Å²) in [5, 5.41) is 21.0. The Hall–Kier alpha value is -4.40. The van der Waals surface area contributed by atoms with E-state index in [1.807, 2.05) is 85.8 Å². The van der Waals surface area contributed by atoms with Gasteiger partial charge in [-0.05, 0) is 60.0 Å². The highest BCUT2D eigenvalue weighted by atomic mass is 16.6. The Labute approximate surface area is 233 Å². The second-order valence-electron chi connectivity index (χ2n) is 9.26. The predicted molar refractivity (Wildman–Crippen MR) is 152 cm³/mol. The van der Waals surface area contributed by atoms with E-state index in [-0.39, 0.29) is 25.3 Å². The molecule has 208 valence electrons. The lowest BCUT2D eigenvalue weighted by atomic mass is 9.79. The SMILES string of the molecule is COc1ccc(C(OC(C)Cc2cc(OCCO)ccc2[N+](=O)[O-])(c2ccccc2)c2ccc(OC)cc2)cc1. The first kappa shape index (κ1) is 28.6. The van der Waals surface area contributed by atoms with Crippen molar-refractivity contribution in [3.63, 3.8) is 0 Å². The molecule has 0 aliphatic heterocycles. The number of nitro groups is 1. The van der Waals surface area contributed by atoms with E-state index in [1.54, 1.807) is 20.3 Å². The van der Waals surface area contributed by atoms with Gasteiger partial charge in [-0.2, -0.15) is 0 Å². The fourth-order valence-electron chi connectivity index (χ4n) is 4.84. The molecule has 0 aliphatic rings. The Morgan fingerprint density at radius 2 is 1.32 bits per heavy atom. The van der Waals surface area contributed by atoms with Crippen molar-refractivity contribution in [3.8, 4) is 17.2 Å². The van der Waals surface area contributed by atoms with Crippen LogP contribution in [0.15, 0.2) is 97.1 Å². The Bertz CT molecular complexity index is 1340. The molecule has 0 fully saturated rings. The zero-order valence-corrected chi connectivity index (χ0v) is 22.8. The topological polar surface area (TPSA) is 100 Å². The second-order valence-corrected chi connectivity index (χ2v) is 9.26. The highest BCUT2D eigenvalue weighted by Gasteiger charge is 2.39. The molecular weight excluding hydrogens is 510 g/mol. The third-order valence-electron chi connectivity index (χ3n) is 6.67. The summed E-state index contributed by atoms with van der Waals surface area (Å²) in [4.78, 5) is 11.5. The molecule has 1 N–H and O–H groups in total. The molecule has 8 nitrogen and oxygen atoms in total. The molecule has 1 unspecified atom stereocenters. The van der Waals surface area contributed by atoms with Crippen molar-refractivity contribution in [1.29, 1.82) is 0 Å². The van der Waals surface area contributed by atoms with E-state index in [2.05, 4.69) is 0 Å². The van der Waals surface area contributed by atoms with E-state index >= 15 is 0 Å². The van der Waals surface area contributed by atoms with Crippen LogP contribution < -0.4 is 14.2 Å². The zero-order valence-electron chi connectivity index (χ0n) is 22.8. The summed E-state index contributed by atoms with van der Waals surface area (Å²) in [6.07, 6.45) is -0.232. The standard InChI is InChI=1S/C32H33NO7/c1-23(21-24-22-30(39-20-19-34)17-18-31(24)33(35)36)40-32(25-7-5-4-6-8-25,26-9-13-28(37-2)14-10-26)27-11-15-29(38-3)16-12-27/h4-18,22-23,34H,19-21H2,1-3H3. The van der Waals surface area contributed by atoms with Gasteiger partial charge in [0.05, 0.1) is 31.9 Å². The molecule has 0 saturated heterocycles. The van der Waals surface area contributed by atoms with Gasteiger partial charge in [0.15, 0.2) is 0 Å². The van der Waals surface area contributed by atoms with Crippen LogP contribution in [0.4, 0.5) is 5.69 Å². The lowest BCUT2D eigenvalue weighted by Gasteiger charge is -2.38. The monoisotopic (exact) mass is 543 g/mol. The number of benzene rings is 4. The Morgan fingerprint density at radius 1 is 0.800 bits per heavy atom. The minimum atomic E-state index is -1.06. The molecule has 0 bridgehead atoms. The summed E-state index contributed by atoms with van der Waals surface area (Å²) in [5.74, 6) is 1.87. The predicted octanol–water partition coefficient (Wildman–Crippen LogP) is 5.92. The van der Waals surface area contributed by atoms with E-state index in [0.29, 0.717) is 22.8 Å². The number of aliphatic hydroxyl groups excluding tert-OH is 1. The first-order valence-electron chi connectivity index (χ1n) is 12.9. The van der Waals surface area contributed by atoms with Crippen LogP contribution in [0.3, 0.4) is 0 Å². The van der Waals surface area contributed by atoms with Crippen molar-refractivity contribution in [2.45, 2.75) is 25.0 Å². The summed E-state index contributed by atoms with van der Waals surface area (Å²) >= 11 is 0. The Balaban J connectivity index is 1.83. The zero-order chi connectivity index (χ0) is 28.5. The van der Waals surface area contributed by atoms with Gasteiger partial charge >= 0.3 is 0 Å². The van der Waals surface area contributed by atoms with Crippen molar-refractivity contribution in [1.82, 2.24) is 0 Å². The fourth-order valence-corrected chi connectivity index (χ4v) is 4.84. The number of ether oxygens (including phenoxy) is 4. The Kier molecular flexibility index (Phi) is 9.37. The maximum absolute atomic E-state index is 11.9. The van der Waals surface area contributed by atoms with Gasteiger partial charge in [-0.15, -0.1) is 0 Å². The fraction of sp³-hybridized carbons (Fsp3) is 0.250. The molecule has 0 saturated carbocycles. The minimum Gasteiger partial charge on any atom is -0.497 e. The van der Waals surface area contributed by atoms with Crippen molar-refractivity contribution in [3.05, 3.63) is 129 Å². The number of methoxy groups -OCH3 is 2. The summed E-state index contributed by atoms with van der Waals surface area (Å²) in [5.41, 5.74) is 2.02. The van der Waals surface area contributed by atoms with Crippen LogP contribution in [0.5, 0.6) is 17.2 Å². The van der Waals surface area contributed by atoms with Crippen molar-refractivity contribution < 1.29 is 29.0 Å². The van der Waals surface area contributed by atoms with Gasteiger partial charge in [0.1, 0.15) is 29.5 Å². The normalized spacial score (nSPS) is 12.0. The van der Waals surface area contributed by atoms with Gasteiger partial charge < -0.3 is 24.1 Å². The second kappa shape index (κ2) is 13.1. The molecule has 0 spiro atoms. The Morgan fingerprint density at radius 3 is 1.82 bits per heavy atom. The van der Waals surface area contributed by atoms with Crippen LogP contribution in [0, 0.1) is 10.1 Å². The maximum atomic E-state index is 11.9. The number of rotatable bonds is 13. The quantitative estimate of drug-likeness (QED) is 0.127. The minimum absolute atomic E-state index is 0.0222. The molecule has 0 aromatic heterocycles. The largest absolute Gasteiger partial charge is 0.497 e. The number of nitro benzene ring substituents is 1. The number of aliphatic hydroxyl groups is 1. The molecule has 4 aromatic carbocycles. The van der Waals surface area contributed by atoms with Crippen molar-refractivity contribution in [2.75, 3.05) is 27.4 Å². The highest BCUT2D eigenvalue weighted by molar-refractivity contribution is 5.50. The molecule has 40 heavy (non-hydrogen) atoms. The van der Waals surface area contributed by atoms with Crippen LogP contribution in [-0.2, 0) is 16.8 Å². The van der Waals surface area contributed by atoms with Gasteiger partial charge in [0.2, 0.25) is 0 Å². The summed E-state index contributed by atoms with van der Waals surface area (Å²) in [6, 6.07) is 29.9. The van der Waals surface area contributed by atoms with Crippen LogP contribution in [0.25, 0.3) is 0 Å². The van der Waals surface area contributed by atoms with E-state index in [1.165, 1.54) is 12.1 Å². The number of hydrogen-bond acceptors (Lipinski definition) is 7. The van der Waals surface area contributed by atoms with Crippen molar-refractivity contribution >= 4 is 5.69 Å². The average Bonchev–Trinajstić information content (AvgIpc) is 2.99. The molecule has 0 aliphatic carbocycles. The van der Waals surface area contributed by atoms with E-state index in [9.17, 15) is 10.1 Å². The first-order chi connectivity index (χ1) is 19.4. The smallest absolute Gasteiger partial charge is 0.272 e. The van der Waals surface area contributed by atoms with Crippen LogP contribution in [-0.4, -0.2) is 43.6 Å². The molecule has 1 atom stereocenters. The maximum Gasteiger partial charge on any atom is 0.272 e. The third-order valence-corrected chi connectivity index (χ3v) is 6.67. The highest BCUT2D eigenvalue weighted by Crippen LogP contribution is 2.43. The van der Waals surface area contributed by atoms with Gasteiger partial charge in [-0.1, -0.05) is 54.6 Å². The summed E-state index contributed by atoms with van der Waals surface area (Å²) in [7, 11) is 3.24. The number of hydrogen-bond donors (Lipinski definition) is 1. The van der Waals surface area contributed by atoms with Crippen molar-refractivity contribution in [2.24, 2.45) is 0 Å². The van der Waals surface area contributed by atoms with E-state index in [0.717, 1.165) is 16.7 Å². The molecule has 0 heterocycles. The van der Waals surface area contributed by atoms with E-state index < -0.39 is 16.6 Å². The first-order valence-corrected chi connectivity index (χ1v) is 12.9. The lowest BCUT2D eigenvalue weighted by molar-refractivity contribution is -0.385. The average molecular weight is 544 g/mol. The van der Waals surface area contributed by atoms with Gasteiger partial charge in [0, 0.05) is 18.1 Å². The van der Waals surface area contributed by atoms with Gasteiger partial charge in [-0.25, -0.2) is 0 Å². The molecule has 0 amide bonds. The lowest BCUT2D eigenvalue weighted by Crippen LogP contribution is -2.37. The van der Waals surface area contributed by atoms with Crippen LogP contribution >= 0.6 is 0 Å². The molecular formula is C32H33NO7. The summed E-state index contributed by atoms with van der Waals surface area (Å²) in [6.45, 7) is 1.83. The van der Waals surface area contributed by atoms with Gasteiger partial charge in [-0.3, -0.25) is 10.1 Å². The van der Waals surface area contributed by atoms with Crippen LogP contribution in [0.2, 0.25) is 0 Å². The molecule has 4 aromatic rings. The van der Waals surface area contributed by atoms with Gasteiger partial charge in [0.25, 0.3) is 5.69 Å². The third kappa shape index (κ3) is 6.25. The summed E-state index contributed by atoms with van der Waals surface area (Å²) < 4.78 is 23.4. The molecule has 8 heteroatoms. The van der Waals surface area contributed by atoms with E-state index in [4.69, 9.17) is 24.1 Å². The number of nitrogens with zero attached hydrogens (tertiary/aromatic N) is 1. The van der Waals surface area contributed by atoms with Crippen LogP contribution in [0.1, 0.15) is 29.2 Å².